The van der Waals surface area contributed by atoms with Crippen molar-refractivity contribution in [3.63, 3.8) is 0 Å². The topological polar surface area (TPSA) is 74.3 Å². The van der Waals surface area contributed by atoms with Crippen LogP contribution in [0.2, 0.25) is 10.0 Å². The molecule has 3 aromatic rings. The number of aromatic amines is 1. The van der Waals surface area contributed by atoms with Gasteiger partial charge < -0.3 is 14.3 Å². The minimum absolute atomic E-state index is 0.364. The van der Waals surface area contributed by atoms with Crippen molar-refractivity contribution in [2.75, 3.05) is 24.6 Å². The summed E-state index contributed by atoms with van der Waals surface area (Å²) < 4.78 is 5.23. The van der Waals surface area contributed by atoms with Gasteiger partial charge in [0, 0.05) is 36.2 Å². The van der Waals surface area contributed by atoms with Gasteiger partial charge >= 0.3 is 0 Å². The van der Waals surface area contributed by atoms with Crippen LogP contribution < -0.4 is 4.90 Å². The molecule has 1 aliphatic heterocycles. The van der Waals surface area contributed by atoms with E-state index in [-0.39, 0.29) is 0 Å². The minimum Gasteiger partial charge on any atom is -0.356 e. The van der Waals surface area contributed by atoms with Crippen LogP contribution in [0.4, 0.5) is 5.82 Å². The van der Waals surface area contributed by atoms with Gasteiger partial charge in [0.15, 0.2) is 9.03 Å². The number of benzene rings is 1. The van der Waals surface area contributed by atoms with E-state index in [9.17, 15) is 0 Å². The first-order valence-corrected chi connectivity index (χ1v) is 10.3. The SMILES string of the molecule is OPOCC1CCCN(c2cc(-c3cn[nH]c3)c3ccc(Cl)c(Cl)c3n2)C1. The first kappa shape index (κ1) is 18.9. The second-order valence-electron chi connectivity index (χ2n) is 6.63. The molecular formula is C18H19Cl2N4O2P. The van der Waals surface area contributed by atoms with Gasteiger partial charge in [-0.15, -0.1) is 0 Å². The van der Waals surface area contributed by atoms with E-state index in [1.165, 1.54) is 0 Å². The summed E-state index contributed by atoms with van der Waals surface area (Å²) in [5, 5.41) is 8.82. The molecular weight excluding hydrogens is 406 g/mol. The van der Waals surface area contributed by atoms with Gasteiger partial charge in [0.2, 0.25) is 0 Å². The normalized spacial score (nSPS) is 18.0. The van der Waals surface area contributed by atoms with E-state index in [1.807, 2.05) is 12.3 Å². The molecule has 0 bridgehead atoms. The van der Waals surface area contributed by atoms with Crippen LogP contribution in [-0.2, 0) is 4.52 Å². The maximum Gasteiger partial charge on any atom is 0.152 e. The van der Waals surface area contributed by atoms with Crippen LogP contribution in [-0.4, -0.2) is 39.8 Å². The van der Waals surface area contributed by atoms with Crippen molar-refractivity contribution in [3.8, 4) is 11.1 Å². The first-order chi connectivity index (χ1) is 13.2. The van der Waals surface area contributed by atoms with Crippen LogP contribution in [0.3, 0.4) is 0 Å². The second kappa shape index (κ2) is 8.29. The lowest BCUT2D eigenvalue weighted by molar-refractivity contribution is 0.237. The Morgan fingerprint density at radius 3 is 3.04 bits per heavy atom. The van der Waals surface area contributed by atoms with Crippen LogP contribution in [0.5, 0.6) is 0 Å². The lowest BCUT2D eigenvalue weighted by Crippen LogP contribution is -2.37. The Labute approximate surface area is 168 Å². The quantitative estimate of drug-likeness (QED) is 0.582. The largest absolute Gasteiger partial charge is 0.356 e. The number of nitrogens with zero attached hydrogens (tertiary/aromatic N) is 3. The van der Waals surface area contributed by atoms with Gasteiger partial charge in [0.1, 0.15) is 5.82 Å². The third-order valence-corrected chi connectivity index (χ3v) is 5.98. The summed E-state index contributed by atoms with van der Waals surface area (Å²) in [6.07, 6.45) is 5.77. The van der Waals surface area contributed by atoms with Crippen molar-refractivity contribution >= 4 is 49.0 Å². The molecule has 0 saturated carbocycles. The molecule has 2 N–H and O–H groups in total. The zero-order valence-corrected chi connectivity index (χ0v) is 17.0. The van der Waals surface area contributed by atoms with Crippen LogP contribution in [0.25, 0.3) is 22.0 Å². The lowest BCUT2D eigenvalue weighted by Gasteiger charge is -2.33. The zero-order chi connectivity index (χ0) is 18.8. The summed E-state index contributed by atoms with van der Waals surface area (Å²) in [6.45, 7) is 2.30. The number of hydrogen-bond acceptors (Lipinski definition) is 5. The number of aromatic nitrogens is 3. The molecule has 9 heteroatoms. The number of nitrogens with one attached hydrogen (secondary N) is 1. The molecule has 0 spiro atoms. The highest BCUT2D eigenvalue weighted by Crippen LogP contribution is 2.38. The van der Waals surface area contributed by atoms with Gasteiger partial charge in [0.25, 0.3) is 0 Å². The maximum absolute atomic E-state index is 8.94. The predicted octanol–water partition coefficient (Wildman–Crippen LogP) is 4.67. The van der Waals surface area contributed by atoms with E-state index in [0.717, 1.165) is 48.3 Å². The van der Waals surface area contributed by atoms with Crippen molar-refractivity contribution in [2.45, 2.75) is 12.8 Å². The van der Waals surface area contributed by atoms with Crippen molar-refractivity contribution < 1.29 is 9.42 Å². The van der Waals surface area contributed by atoms with Crippen LogP contribution in [0, 0.1) is 5.92 Å². The average Bonchev–Trinajstić information content (AvgIpc) is 3.23. The number of anilines is 1. The predicted molar refractivity (Wildman–Crippen MR) is 111 cm³/mol. The van der Waals surface area contributed by atoms with Gasteiger partial charge in [-0.05, 0) is 30.5 Å². The summed E-state index contributed by atoms with van der Waals surface area (Å²) in [5.74, 6) is 1.22. The van der Waals surface area contributed by atoms with Crippen molar-refractivity contribution in [1.29, 1.82) is 0 Å². The molecule has 0 aliphatic carbocycles. The van der Waals surface area contributed by atoms with Crippen LogP contribution in [0.1, 0.15) is 12.8 Å². The Kier molecular flexibility index (Phi) is 5.81. The molecule has 6 nitrogen and oxygen atoms in total. The van der Waals surface area contributed by atoms with E-state index in [4.69, 9.17) is 37.6 Å². The highest BCUT2D eigenvalue weighted by molar-refractivity contribution is 7.24. The maximum atomic E-state index is 8.94. The molecule has 27 heavy (non-hydrogen) atoms. The fourth-order valence-corrected chi connectivity index (χ4v) is 4.25. The zero-order valence-electron chi connectivity index (χ0n) is 14.5. The standard InChI is InChI=1S/C18H19Cl2N4O2P/c19-15-4-3-13-14(12-7-21-22-8-12)6-16(23-18(13)17(15)20)24-5-1-2-11(9-24)10-26-27-25/h3-4,6-8,11,25,27H,1-2,5,9-10H2,(H,21,22). The molecule has 0 amide bonds. The van der Waals surface area contributed by atoms with Gasteiger partial charge in [-0.2, -0.15) is 5.10 Å². The summed E-state index contributed by atoms with van der Waals surface area (Å²) in [7, 11) is -0.469. The number of pyridine rings is 1. The highest BCUT2D eigenvalue weighted by Gasteiger charge is 2.23. The van der Waals surface area contributed by atoms with E-state index in [0.29, 0.717) is 28.1 Å². The molecule has 2 unspecified atom stereocenters. The molecule has 1 fully saturated rings. The molecule has 1 aliphatic rings. The summed E-state index contributed by atoms with van der Waals surface area (Å²) in [6, 6.07) is 5.81. The van der Waals surface area contributed by atoms with Crippen LogP contribution >= 0.6 is 32.2 Å². The molecule has 3 heterocycles. The van der Waals surface area contributed by atoms with E-state index >= 15 is 0 Å². The fraction of sp³-hybridized carbons (Fsp3) is 0.333. The van der Waals surface area contributed by atoms with Gasteiger partial charge in [-0.1, -0.05) is 29.3 Å². The minimum atomic E-state index is -0.469. The van der Waals surface area contributed by atoms with Gasteiger partial charge in [0.05, 0.1) is 28.4 Å². The second-order valence-corrected chi connectivity index (χ2v) is 7.89. The van der Waals surface area contributed by atoms with Crippen molar-refractivity contribution in [2.24, 2.45) is 5.92 Å². The van der Waals surface area contributed by atoms with E-state index in [1.54, 1.807) is 12.3 Å². The van der Waals surface area contributed by atoms with Crippen molar-refractivity contribution in [1.82, 2.24) is 15.2 Å². The molecule has 1 saturated heterocycles. The van der Waals surface area contributed by atoms with E-state index in [2.05, 4.69) is 21.2 Å². The monoisotopic (exact) mass is 424 g/mol. The molecule has 4 rings (SSSR count). The third kappa shape index (κ3) is 3.91. The Morgan fingerprint density at radius 2 is 2.26 bits per heavy atom. The first-order valence-electron chi connectivity index (χ1n) is 8.71. The molecule has 142 valence electrons. The number of fused-ring (bicyclic) bond motifs is 1. The summed E-state index contributed by atoms with van der Waals surface area (Å²) >= 11 is 12.7. The van der Waals surface area contributed by atoms with Gasteiger partial charge in [-0.25, -0.2) is 4.98 Å². The Balaban J connectivity index is 1.78. The Morgan fingerprint density at radius 1 is 1.37 bits per heavy atom. The third-order valence-electron chi connectivity index (χ3n) is 4.89. The lowest BCUT2D eigenvalue weighted by atomic mass is 9.98. The Hall–Kier alpha value is -1.43. The Bertz CT molecular complexity index is 939. The number of hydrogen-bond donors (Lipinski definition) is 2. The number of rotatable bonds is 5. The number of piperidine rings is 1. The van der Waals surface area contributed by atoms with Gasteiger partial charge in [-0.3, -0.25) is 5.10 Å². The smallest absolute Gasteiger partial charge is 0.152 e. The van der Waals surface area contributed by atoms with Crippen LogP contribution in [0.15, 0.2) is 30.6 Å². The average molecular weight is 425 g/mol. The number of halogens is 2. The van der Waals surface area contributed by atoms with E-state index < -0.39 is 9.03 Å². The molecule has 1 aromatic carbocycles. The molecule has 0 radical (unpaired) electrons. The fourth-order valence-electron chi connectivity index (χ4n) is 3.58. The summed E-state index contributed by atoms with van der Waals surface area (Å²) in [5.41, 5.74) is 2.67. The summed E-state index contributed by atoms with van der Waals surface area (Å²) in [4.78, 5) is 16.0. The molecule has 2 atom stereocenters. The number of H-pyrrole nitrogens is 1. The highest BCUT2D eigenvalue weighted by atomic mass is 35.5. The molecule has 2 aromatic heterocycles. The van der Waals surface area contributed by atoms with Crippen molar-refractivity contribution in [3.05, 3.63) is 40.6 Å².